The molecule has 0 spiro atoms. The standard InChI is InChI=1S/C20H38N4O3.HI/c1-5-21-20(24-9-7-17(8-10-24)19(25)27-6-2)22-15-18(16(3)4)23-11-13-26-14-12-23;/h16-18H,5-15H2,1-4H3,(H,21,22);1H. The molecule has 2 fully saturated rings. The Hall–Kier alpha value is -0.610. The summed E-state index contributed by atoms with van der Waals surface area (Å²) in [7, 11) is 0. The number of guanidine groups is 1. The van der Waals surface area contributed by atoms with Gasteiger partial charge in [0.05, 0.1) is 32.3 Å². The summed E-state index contributed by atoms with van der Waals surface area (Å²) in [6, 6.07) is 0.430. The summed E-state index contributed by atoms with van der Waals surface area (Å²) in [5.41, 5.74) is 0. The van der Waals surface area contributed by atoms with Crippen LogP contribution in [0.1, 0.15) is 40.5 Å². The number of piperidine rings is 1. The van der Waals surface area contributed by atoms with Gasteiger partial charge in [-0.15, -0.1) is 24.0 Å². The number of esters is 1. The van der Waals surface area contributed by atoms with Gasteiger partial charge in [0.1, 0.15) is 0 Å². The highest BCUT2D eigenvalue weighted by molar-refractivity contribution is 14.0. The van der Waals surface area contributed by atoms with Crippen LogP contribution >= 0.6 is 24.0 Å². The zero-order chi connectivity index (χ0) is 19.6. The van der Waals surface area contributed by atoms with Crippen molar-refractivity contribution in [1.82, 2.24) is 15.1 Å². The van der Waals surface area contributed by atoms with E-state index in [0.717, 1.165) is 71.3 Å². The van der Waals surface area contributed by atoms with Gasteiger partial charge in [0.25, 0.3) is 0 Å². The number of carbonyl (C=O) groups is 1. The second-order valence-electron chi connectivity index (χ2n) is 7.67. The lowest BCUT2D eigenvalue weighted by atomic mass is 9.97. The molecule has 2 heterocycles. The number of nitrogens with zero attached hydrogens (tertiary/aromatic N) is 3. The average Bonchev–Trinajstić information content (AvgIpc) is 2.68. The fourth-order valence-electron chi connectivity index (χ4n) is 3.85. The number of hydrogen-bond donors (Lipinski definition) is 1. The Labute approximate surface area is 187 Å². The number of ether oxygens (including phenoxy) is 2. The van der Waals surface area contributed by atoms with Crippen molar-refractivity contribution in [2.45, 2.75) is 46.6 Å². The zero-order valence-electron chi connectivity index (χ0n) is 18.0. The van der Waals surface area contributed by atoms with Gasteiger partial charge in [-0.05, 0) is 32.6 Å². The molecule has 0 aromatic rings. The number of hydrogen-bond acceptors (Lipinski definition) is 5. The third-order valence-electron chi connectivity index (χ3n) is 5.46. The van der Waals surface area contributed by atoms with Crippen LogP contribution in [0.4, 0.5) is 0 Å². The van der Waals surface area contributed by atoms with Crippen molar-refractivity contribution < 1.29 is 14.3 Å². The van der Waals surface area contributed by atoms with E-state index in [2.05, 4.69) is 35.9 Å². The largest absolute Gasteiger partial charge is 0.466 e. The van der Waals surface area contributed by atoms with Gasteiger partial charge in [0.15, 0.2) is 5.96 Å². The van der Waals surface area contributed by atoms with Gasteiger partial charge in [-0.2, -0.15) is 0 Å². The van der Waals surface area contributed by atoms with E-state index in [4.69, 9.17) is 14.5 Å². The van der Waals surface area contributed by atoms with Gasteiger partial charge in [-0.25, -0.2) is 0 Å². The highest BCUT2D eigenvalue weighted by Gasteiger charge is 2.28. The molecule has 2 saturated heterocycles. The van der Waals surface area contributed by atoms with E-state index in [1.54, 1.807) is 0 Å². The molecular formula is C20H39IN4O3. The Bertz CT molecular complexity index is 476. The summed E-state index contributed by atoms with van der Waals surface area (Å²) >= 11 is 0. The first kappa shape index (κ1) is 25.4. The molecule has 0 aromatic heterocycles. The topological polar surface area (TPSA) is 66.4 Å². The minimum atomic E-state index is -0.0497. The maximum absolute atomic E-state index is 12.0. The molecular weight excluding hydrogens is 471 g/mol. The van der Waals surface area contributed by atoms with E-state index >= 15 is 0 Å². The van der Waals surface area contributed by atoms with Gasteiger partial charge in [0.2, 0.25) is 0 Å². The Morgan fingerprint density at radius 2 is 1.82 bits per heavy atom. The number of aliphatic imine (C=N–C) groups is 1. The summed E-state index contributed by atoms with van der Waals surface area (Å²) in [5.74, 6) is 1.50. The molecule has 1 unspecified atom stereocenters. The number of likely N-dealkylation sites (tertiary alicyclic amines) is 1. The van der Waals surface area contributed by atoms with E-state index in [-0.39, 0.29) is 35.9 Å². The highest BCUT2D eigenvalue weighted by Crippen LogP contribution is 2.19. The predicted octanol–water partition coefficient (Wildman–Crippen LogP) is 2.20. The maximum Gasteiger partial charge on any atom is 0.309 e. The van der Waals surface area contributed by atoms with Crippen LogP contribution in [-0.4, -0.2) is 86.9 Å². The van der Waals surface area contributed by atoms with E-state index in [1.807, 2.05) is 6.92 Å². The van der Waals surface area contributed by atoms with Crippen molar-refractivity contribution in [3.63, 3.8) is 0 Å². The molecule has 0 aliphatic carbocycles. The molecule has 2 rings (SSSR count). The molecule has 0 aromatic carbocycles. The number of carbonyl (C=O) groups excluding carboxylic acids is 1. The van der Waals surface area contributed by atoms with E-state index in [0.29, 0.717) is 18.6 Å². The first-order valence-electron chi connectivity index (χ1n) is 10.6. The molecule has 1 N–H and O–H groups in total. The van der Waals surface area contributed by atoms with Gasteiger partial charge in [-0.1, -0.05) is 13.8 Å². The molecule has 2 aliphatic rings. The van der Waals surface area contributed by atoms with Crippen LogP contribution in [0, 0.1) is 11.8 Å². The van der Waals surface area contributed by atoms with Gasteiger partial charge >= 0.3 is 5.97 Å². The molecule has 8 heteroatoms. The SMILES string of the molecule is CCNC(=NCC(C(C)C)N1CCOCC1)N1CCC(C(=O)OCC)CC1.I. The van der Waals surface area contributed by atoms with Gasteiger partial charge in [-0.3, -0.25) is 14.7 Å². The maximum atomic E-state index is 12.0. The first-order valence-corrected chi connectivity index (χ1v) is 10.6. The lowest BCUT2D eigenvalue weighted by molar-refractivity contribution is -0.149. The second-order valence-corrected chi connectivity index (χ2v) is 7.67. The van der Waals surface area contributed by atoms with Crippen LogP contribution in [-0.2, 0) is 14.3 Å². The van der Waals surface area contributed by atoms with Crippen molar-refractivity contribution in [2.75, 3.05) is 59.1 Å². The summed E-state index contributed by atoms with van der Waals surface area (Å²) in [4.78, 5) is 21.7. The lowest BCUT2D eigenvalue weighted by Crippen LogP contribution is -2.49. The zero-order valence-corrected chi connectivity index (χ0v) is 20.3. The fraction of sp³-hybridized carbons (Fsp3) is 0.900. The normalized spacial score (nSPS) is 20.6. The minimum Gasteiger partial charge on any atom is -0.466 e. The molecule has 164 valence electrons. The molecule has 0 radical (unpaired) electrons. The minimum absolute atomic E-state index is 0. The summed E-state index contributed by atoms with van der Waals surface area (Å²) < 4.78 is 10.7. The Kier molecular flexibility index (Phi) is 12.3. The third kappa shape index (κ3) is 7.67. The molecule has 0 amide bonds. The molecule has 0 saturated carbocycles. The van der Waals surface area contributed by atoms with Crippen LogP contribution in [0.25, 0.3) is 0 Å². The van der Waals surface area contributed by atoms with Crippen molar-refractivity contribution in [3.8, 4) is 0 Å². The molecule has 2 aliphatic heterocycles. The average molecular weight is 510 g/mol. The van der Waals surface area contributed by atoms with Crippen LogP contribution in [0.2, 0.25) is 0 Å². The van der Waals surface area contributed by atoms with Gasteiger partial charge < -0.3 is 19.7 Å². The monoisotopic (exact) mass is 510 g/mol. The molecule has 0 bridgehead atoms. The number of nitrogens with one attached hydrogen (secondary N) is 1. The number of rotatable bonds is 7. The number of halogens is 1. The van der Waals surface area contributed by atoms with E-state index in [1.165, 1.54) is 0 Å². The van der Waals surface area contributed by atoms with Crippen molar-refractivity contribution in [3.05, 3.63) is 0 Å². The van der Waals surface area contributed by atoms with Crippen molar-refractivity contribution in [2.24, 2.45) is 16.8 Å². The Balaban J connectivity index is 0.00000392. The Morgan fingerprint density at radius 1 is 1.18 bits per heavy atom. The molecule has 28 heavy (non-hydrogen) atoms. The summed E-state index contributed by atoms with van der Waals surface area (Å²) in [6.07, 6.45) is 1.67. The summed E-state index contributed by atoms with van der Waals surface area (Å²) in [5, 5.41) is 3.44. The predicted molar refractivity (Wildman–Crippen MR) is 123 cm³/mol. The summed E-state index contributed by atoms with van der Waals surface area (Å²) in [6.45, 7) is 15.9. The smallest absolute Gasteiger partial charge is 0.309 e. The second kappa shape index (κ2) is 13.6. The van der Waals surface area contributed by atoms with Crippen LogP contribution < -0.4 is 5.32 Å². The molecule has 7 nitrogen and oxygen atoms in total. The Morgan fingerprint density at radius 3 is 2.36 bits per heavy atom. The van der Waals surface area contributed by atoms with Crippen LogP contribution in [0.5, 0.6) is 0 Å². The van der Waals surface area contributed by atoms with E-state index in [9.17, 15) is 4.79 Å². The third-order valence-corrected chi connectivity index (χ3v) is 5.46. The number of morpholine rings is 1. The van der Waals surface area contributed by atoms with Crippen molar-refractivity contribution in [1.29, 1.82) is 0 Å². The van der Waals surface area contributed by atoms with Crippen LogP contribution in [0.15, 0.2) is 4.99 Å². The fourth-order valence-corrected chi connectivity index (χ4v) is 3.85. The molecule has 1 atom stereocenters. The first-order chi connectivity index (χ1) is 13.1. The lowest BCUT2D eigenvalue weighted by Gasteiger charge is -2.37. The highest BCUT2D eigenvalue weighted by atomic mass is 127. The van der Waals surface area contributed by atoms with E-state index < -0.39 is 0 Å². The van der Waals surface area contributed by atoms with Gasteiger partial charge in [0, 0.05) is 38.8 Å². The van der Waals surface area contributed by atoms with Crippen LogP contribution in [0.3, 0.4) is 0 Å². The van der Waals surface area contributed by atoms with Crippen molar-refractivity contribution >= 4 is 35.9 Å². The quantitative estimate of drug-likeness (QED) is 0.245.